The first-order chi connectivity index (χ1) is 19.6. The number of hydrogen-bond acceptors (Lipinski definition) is 5. The summed E-state index contributed by atoms with van der Waals surface area (Å²) in [5.74, 6) is -1.37. The monoisotopic (exact) mass is 423 g/mol. The summed E-state index contributed by atoms with van der Waals surface area (Å²) in [6, 6.07) is -5.88. The normalized spacial score (nSPS) is 20.3. The number of rotatable bonds is 9. The third-order valence-electron chi connectivity index (χ3n) is 3.43. The Bertz CT molecular complexity index is 1540. The summed E-state index contributed by atoms with van der Waals surface area (Å²) in [7, 11) is 0. The molecule has 29 heavy (non-hydrogen) atoms. The quantitative estimate of drug-likeness (QED) is 0.467. The first kappa shape index (κ1) is 9.41. The molecule has 0 bridgehead atoms. The maximum Gasteiger partial charge on any atom is 0.230 e. The molecule has 0 spiro atoms. The first-order valence-corrected chi connectivity index (χ1v) is 9.34. The Hall–Kier alpha value is -2.70. The van der Waals surface area contributed by atoms with Gasteiger partial charge in [-0.25, -0.2) is 4.98 Å². The van der Waals surface area contributed by atoms with Gasteiger partial charge in [0.25, 0.3) is 0 Å². The van der Waals surface area contributed by atoms with Gasteiger partial charge in [-0.1, -0.05) is 48.2 Å². The number of amides is 1. The number of aliphatic hydroxyl groups excluding tert-OH is 1. The van der Waals surface area contributed by atoms with Crippen LogP contribution in [0, 0.1) is 6.92 Å². The minimum Gasteiger partial charge on any atom is -0.388 e. The van der Waals surface area contributed by atoms with E-state index in [0.717, 1.165) is 11.3 Å². The molecule has 152 valence electrons. The fourth-order valence-electron chi connectivity index (χ4n) is 2.16. The fraction of sp³-hybridized carbons (Fsp3) is 0.304. The van der Waals surface area contributed by atoms with E-state index in [0.29, 0.717) is 0 Å². The molecule has 1 amide bonds. The largest absolute Gasteiger partial charge is 0.388 e. The third kappa shape index (κ3) is 6.69. The van der Waals surface area contributed by atoms with Crippen molar-refractivity contribution in [1.82, 2.24) is 4.98 Å². The van der Waals surface area contributed by atoms with Crippen molar-refractivity contribution in [2.75, 3.05) is 11.1 Å². The molecule has 1 heterocycles. The highest BCUT2D eigenvalue weighted by atomic mass is 32.1. The van der Waals surface area contributed by atoms with Crippen molar-refractivity contribution in [3.8, 4) is 0 Å². The van der Waals surface area contributed by atoms with E-state index in [1.807, 2.05) is 5.32 Å². The van der Waals surface area contributed by atoms with Crippen LogP contribution in [0.25, 0.3) is 0 Å². The Labute approximate surface area is 195 Å². The third-order valence-corrected chi connectivity index (χ3v) is 4.11. The van der Waals surface area contributed by atoms with Crippen LogP contribution in [-0.4, -0.2) is 16.0 Å². The summed E-state index contributed by atoms with van der Waals surface area (Å²) >= 11 is 0.875. The zero-order valence-electron chi connectivity index (χ0n) is 29.4. The van der Waals surface area contributed by atoms with Crippen molar-refractivity contribution in [1.29, 1.82) is 0 Å². The van der Waals surface area contributed by atoms with E-state index in [9.17, 15) is 9.90 Å². The SMILES string of the molecule is [2H]c1c([2H])c(C)c([2H])c([C@@H](O)C([2H])([2H])CCC([2H])([2H])c2c([2H])c([2H])c(NC(=O)C([2H])([2H])c3csc(N)n3)c([2H])c2[2H])c1[2H]. The van der Waals surface area contributed by atoms with E-state index >= 15 is 0 Å². The molecule has 4 N–H and O–H groups in total. The van der Waals surface area contributed by atoms with Crippen molar-refractivity contribution in [2.24, 2.45) is 0 Å². The maximum atomic E-state index is 12.7. The topological polar surface area (TPSA) is 88.2 Å². The summed E-state index contributed by atoms with van der Waals surface area (Å²) in [5.41, 5.74) is 3.06. The van der Waals surface area contributed by atoms with Crippen molar-refractivity contribution in [3.05, 3.63) is 76.1 Å². The molecule has 3 rings (SSSR count). The lowest BCUT2D eigenvalue weighted by molar-refractivity contribution is -0.115. The first-order valence-electron chi connectivity index (χ1n) is 15.5. The molecule has 2 aromatic carbocycles. The minimum absolute atomic E-state index is 0.0123. The highest BCUT2D eigenvalue weighted by Crippen LogP contribution is 2.21. The van der Waals surface area contributed by atoms with E-state index in [2.05, 4.69) is 4.98 Å². The molecule has 1 aromatic heterocycles. The van der Waals surface area contributed by atoms with Crippen LogP contribution < -0.4 is 11.1 Å². The van der Waals surface area contributed by atoms with Gasteiger partial charge in [-0.15, -0.1) is 11.3 Å². The summed E-state index contributed by atoms with van der Waals surface area (Å²) < 4.78 is 115. The Morgan fingerprint density at radius 2 is 2.10 bits per heavy atom. The molecule has 0 aliphatic heterocycles. The lowest BCUT2D eigenvalue weighted by Gasteiger charge is -2.11. The minimum atomic E-state index is -2.77. The second-order valence-electron chi connectivity index (χ2n) is 5.72. The lowest BCUT2D eigenvalue weighted by Crippen LogP contribution is -2.14. The molecule has 6 heteroatoms. The van der Waals surface area contributed by atoms with E-state index in [4.69, 9.17) is 24.9 Å². The van der Waals surface area contributed by atoms with Crippen LogP contribution in [0.15, 0.2) is 53.7 Å². The Kier molecular flexibility index (Phi) is 3.30. The van der Waals surface area contributed by atoms with Crippen LogP contribution in [0.4, 0.5) is 10.8 Å². The number of aliphatic hydroxyl groups is 1. The highest BCUT2D eigenvalue weighted by Gasteiger charge is 2.08. The fourth-order valence-corrected chi connectivity index (χ4v) is 2.66. The summed E-state index contributed by atoms with van der Waals surface area (Å²) in [5, 5.41) is 14.0. The van der Waals surface area contributed by atoms with Crippen molar-refractivity contribution >= 4 is 28.1 Å². The van der Waals surface area contributed by atoms with Crippen molar-refractivity contribution in [3.63, 3.8) is 0 Å². The molecule has 0 radical (unpaired) electrons. The Balaban J connectivity index is 1.93. The number of nitrogen functional groups attached to an aromatic ring is 1. The van der Waals surface area contributed by atoms with Crippen molar-refractivity contribution < 1.29 is 29.1 Å². The van der Waals surface area contributed by atoms with Gasteiger partial charge in [0.2, 0.25) is 5.91 Å². The van der Waals surface area contributed by atoms with E-state index < -0.39 is 109 Å². The van der Waals surface area contributed by atoms with Crippen LogP contribution in [0.5, 0.6) is 0 Å². The molecular formula is C23H27N3O2S. The van der Waals surface area contributed by atoms with Gasteiger partial charge in [0, 0.05) is 19.3 Å². The second-order valence-corrected chi connectivity index (χ2v) is 6.61. The number of aromatic nitrogens is 1. The highest BCUT2D eigenvalue weighted by molar-refractivity contribution is 7.13. The number of carbonyl (C=O) groups excluding carboxylic acids is 1. The maximum absolute atomic E-state index is 12.7. The predicted molar refractivity (Wildman–Crippen MR) is 119 cm³/mol. The van der Waals surface area contributed by atoms with Crippen LogP contribution in [0.1, 0.15) is 66.9 Å². The molecule has 0 aliphatic carbocycles. The average Bonchev–Trinajstić information content (AvgIpc) is 3.38. The number of thiazole rings is 1. The standard InChI is InChI=1S/C23H27N3O2S/c1-16-5-4-7-18(13-16)21(27)8-3-2-6-17-9-11-19(12-10-17)25-22(28)14-20-15-29-23(24)26-20/h4-5,7,9-13,15,21,27H,2-3,6,8,14H2,1H3,(H2,24,26)(H,25,28)/t21-/m0/s1/i4D,5D,6D2,7D,8D2,9D,10D,11D,12D,13D,14D2. The average molecular weight is 424 g/mol. The second kappa shape index (κ2) is 10.2. The summed E-state index contributed by atoms with van der Waals surface area (Å²) in [4.78, 5) is 16.4. The van der Waals surface area contributed by atoms with Gasteiger partial charge in [0.1, 0.15) is 0 Å². The van der Waals surface area contributed by atoms with Gasteiger partial charge in [0.05, 0.1) is 29.1 Å². The van der Waals surface area contributed by atoms with Gasteiger partial charge in [-0.3, -0.25) is 4.79 Å². The lowest BCUT2D eigenvalue weighted by atomic mass is 10.00. The molecule has 1 atom stereocenters. The Morgan fingerprint density at radius 3 is 2.83 bits per heavy atom. The molecule has 0 saturated heterocycles. The van der Waals surface area contributed by atoms with Gasteiger partial charge in [0.15, 0.2) is 5.13 Å². The van der Waals surface area contributed by atoms with Crippen LogP contribution >= 0.6 is 11.3 Å². The number of benzene rings is 2. The van der Waals surface area contributed by atoms with Gasteiger partial charge >= 0.3 is 0 Å². The molecule has 0 saturated carbocycles. The number of nitrogens with zero attached hydrogens (tertiary/aromatic N) is 1. The molecule has 3 aromatic rings. The Morgan fingerprint density at radius 1 is 1.31 bits per heavy atom. The molecule has 0 unspecified atom stereocenters. The number of nitrogens with one attached hydrogen (secondary N) is 1. The zero-order chi connectivity index (χ0) is 33.0. The number of hydrogen-bond donors (Lipinski definition) is 3. The molecule has 0 fully saturated rings. The zero-order valence-corrected chi connectivity index (χ0v) is 16.2. The number of nitrogens with two attached hydrogens (primary N) is 1. The van der Waals surface area contributed by atoms with Gasteiger partial charge < -0.3 is 16.2 Å². The van der Waals surface area contributed by atoms with E-state index in [-0.39, 0.29) is 16.4 Å². The summed E-state index contributed by atoms with van der Waals surface area (Å²) in [6.07, 6.45) is -11.9. The van der Waals surface area contributed by atoms with Crippen LogP contribution in [-0.2, 0) is 17.5 Å². The number of anilines is 2. The molecule has 5 nitrogen and oxygen atoms in total. The van der Waals surface area contributed by atoms with Gasteiger partial charge in [-0.05, 0) is 49.3 Å². The van der Waals surface area contributed by atoms with Gasteiger partial charge in [-0.2, -0.15) is 0 Å². The summed E-state index contributed by atoms with van der Waals surface area (Å²) in [6.45, 7) is 1.31. The molecule has 0 aliphatic rings. The van der Waals surface area contributed by atoms with E-state index in [1.54, 1.807) is 0 Å². The van der Waals surface area contributed by atoms with Crippen LogP contribution in [0.2, 0.25) is 0 Å². The van der Waals surface area contributed by atoms with Crippen molar-refractivity contribution in [2.45, 2.75) is 45.0 Å². The molecular weight excluding hydrogens is 382 g/mol. The van der Waals surface area contributed by atoms with Crippen LogP contribution in [0.3, 0.4) is 0 Å². The smallest absolute Gasteiger partial charge is 0.230 e. The van der Waals surface area contributed by atoms with E-state index in [1.165, 1.54) is 12.3 Å². The number of carbonyl (C=O) groups is 1. The predicted octanol–water partition coefficient (Wildman–Crippen LogP) is 4.66.